The molecule has 0 fully saturated rings. The van der Waals surface area contributed by atoms with E-state index in [1.807, 2.05) is 12.1 Å². The molecule has 2 aromatic rings. The van der Waals surface area contributed by atoms with Crippen molar-refractivity contribution in [2.75, 3.05) is 19.0 Å². The van der Waals surface area contributed by atoms with E-state index in [9.17, 15) is 9.59 Å². The van der Waals surface area contributed by atoms with Gasteiger partial charge in [-0.1, -0.05) is 26.3 Å². The monoisotopic (exact) mass is 400 g/mol. The van der Waals surface area contributed by atoms with Crippen LogP contribution in [0.15, 0.2) is 24.3 Å². The number of carbonyl (C=O) groups is 2. The average Bonchev–Trinajstić information content (AvgIpc) is 3.04. The lowest BCUT2D eigenvalue weighted by Crippen LogP contribution is -2.22. The van der Waals surface area contributed by atoms with Crippen LogP contribution in [-0.2, 0) is 12.8 Å². The summed E-state index contributed by atoms with van der Waals surface area (Å²) in [6.07, 6.45) is 4.94. The first-order valence-corrected chi connectivity index (χ1v) is 10.8. The molecule has 0 saturated carbocycles. The summed E-state index contributed by atoms with van der Waals surface area (Å²) in [5.41, 5.74) is 2.24. The van der Waals surface area contributed by atoms with Gasteiger partial charge in [0, 0.05) is 17.5 Å². The number of unbranched alkanes of at least 4 members (excludes halogenated alkanes) is 1. The van der Waals surface area contributed by atoms with Crippen molar-refractivity contribution in [2.45, 2.75) is 46.0 Å². The number of thiophene rings is 1. The number of ether oxygens (including phenoxy) is 1. The lowest BCUT2D eigenvalue weighted by Gasteiger charge is -2.18. The van der Waals surface area contributed by atoms with Crippen LogP contribution in [0.3, 0.4) is 0 Å². The van der Waals surface area contributed by atoms with Crippen molar-refractivity contribution in [3.8, 4) is 5.75 Å². The molecule has 2 N–H and O–H groups in total. The quantitative estimate of drug-likeness (QED) is 0.664. The third-order valence-electron chi connectivity index (χ3n) is 5.06. The molecule has 5 nitrogen and oxygen atoms in total. The number of hydrogen-bond acceptors (Lipinski definition) is 4. The Hall–Kier alpha value is -2.34. The second-order valence-electron chi connectivity index (χ2n) is 7.32. The van der Waals surface area contributed by atoms with Gasteiger partial charge in [-0.25, -0.2) is 0 Å². The van der Waals surface area contributed by atoms with Crippen LogP contribution in [-0.4, -0.2) is 25.5 Å². The highest BCUT2D eigenvalue weighted by atomic mass is 32.1. The van der Waals surface area contributed by atoms with Crippen molar-refractivity contribution in [3.63, 3.8) is 0 Å². The van der Waals surface area contributed by atoms with E-state index >= 15 is 0 Å². The molecule has 1 aromatic carbocycles. The molecule has 1 atom stereocenters. The molecular weight excluding hydrogens is 372 g/mol. The van der Waals surface area contributed by atoms with Gasteiger partial charge in [0.05, 0.1) is 12.2 Å². The summed E-state index contributed by atoms with van der Waals surface area (Å²) >= 11 is 1.53. The number of anilines is 1. The fraction of sp³-hybridized carbons (Fsp3) is 0.455. The van der Waals surface area contributed by atoms with Crippen LogP contribution < -0.4 is 15.4 Å². The fourth-order valence-electron chi connectivity index (χ4n) is 3.44. The summed E-state index contributed by atoms with van der Waals surface area (Å²) in [5, 5.41) is 6.33. The Morgan fingerprint density at radius 3 is 2.86 bits per heavy atom. The highest BCUT2D eigenvalue weighted by Gasteiger charge is 2.28. The molecular formula is C22H28N2O3S. The SMILES string of the molecule is CCCCOc1cccc(C(=O)Nc2sc3c(c2C(=O)NC)CCC(C)C3)c1. The Balaban J connectivity index is 1.82. The van der Waals surface area contributed by atoms with Gasteiger partial charge in [0.25, 0.3) is 11.8 Å². The maximum Gasteiger partial charge on any atom is 0.256 e. The van der Waals surface area contributed by atoms with Gasteiger partial charge in [0.2, 0.25) is 0 Å². The largest absolute Gasteiger partial charge is 0.494 e. The number of nitrogens with one attached hydrogen (secondary N) is 2. The standard InChI is InChI=1S/C22H28N2O3S/c1-4-5-11-27-16-8-6-7-15(13-16)20(25)24-22-19(21(26)23-3)17-10-9-14(2)12-18(17)28-22/h6-8,13-14H,4-5,9-12H2,1-3H3,(H,23,26)(H,24,25). The second kappa shape index (κ2) is 9.24. The smallest absolute Gasteiger partial charge is 0.256 e. The summed E-state index contributed by atoms with van der Waals surface area (Å²) in [7, 11) is 1.63. The van der Waals surface area contributed by atoms with E-state index in [4.69, 9.17) is 4.74 Å². The van der Waals surface area contributed by atoms with Crippen molar-refractivity contribution in [3.05, 3.63) is 45.8 Å². The molecule has 1 unspecified atom stereocenters. The van der Waals surface area contributed by atoms with Gasteiger partial charge in [0.1, 0.15) is 10.8 Å². The number of carbonyl (C=O) groups excluding carboxylic acids is 2. The van der Waals surface area contributed by atoms with Gasteiger partial charge in [-0.2, -0.15) is 0 Å². The van der Waals surface area contributed by atoms with Crippen molar-refractivity contribution < 1.29 is 14.3 Å². The third-order valence-corrected chi connectivity index (χ3v) is 6.23. The first kappa shape index (κ1) is 20.4. The number of benzene rings is 1. The maximum atomic E-state index is 12.8. The Morgan fingerprint density at radius 1 is 1.29 bits per heavy atom. The summed E-state index contributed by atoms with van der Waals surface area (Å²) in [5.74, 6) is 0.924. The van der Waals surface area contributed by atoms with Crippen LogP contribution in [0.25, 0.3) is 0 Å². The van der Waals surface area contributed by atoms with Crippen LogP contribution in [0, 0.1) is 5.92 Å². The first-order chi connectivity index (χ1) is 13.5. The maximum absolute atomic E-state index is 12.8. The molecule has 0 spiro atoms. The number of rotatable bonds is 7. The molecule has 6 heteroatoms. The van der Waals surface area contributed by atoms with Crippen LogP contribution in [0.5, 0.6) is 5.75 Å². The Kier molecular flexibility index (Phi) is 6.73. The normalized spacial score (nSPS) is 15.6. The van der Waals surface area contributed by atoms with Crippen molar-refractivity contribution in [2.24, 2.45) is 5.92 Å². The van der Waals surface area contributed by atoms with E-state index in [1.165, 1.54) is 16.2 Å². The van der Waals surface area contributed by atoms with Gasteiger partial charge in [-0.15, -0.1) is 11.3 Å². The van der Waals surface area contributed by atoms with Crippen molar-refractivity contribution in [1.29, 1.82) is 0 Å². The van der Waals surface area contributed by atoms with Crippen LogP contribution >= 0.6 is 11.3 Å². The molecule has 1 aliphatic rings. The molecule has 2 amide bonds. The number of fused-ring (bicyclic) bond motifs is 1. The zero-order valence-corrected chi connectivity index (χ0v) is 17.6. The topological polar surface area (TPSA) is 67.4 Å². The molecule has 0 aliphatic heterocycles. The van der Waals surface area contributed by atoms with Gasteiger partial charge in [-0.3, -0.25) is 9.59 Å². The van der Waals surface area contributed by atoms with E-state index < -0.39 is 0 Å². The van der Waals surface area contributed by atoms with Gasteiger partial charge in [-0.05, 0) is 55.4 Å². The highest BCUT2D eigenvalue weighted by Crippen LogP contribution is 2.39. The van der Waals surface area contributed by atoms with Crippen LogP contribution in [0.1, 0.15) is 64.3 Å². The minimum atomic E-state index is -0.224. The summed E-state index contributed by atoms with van der Waals surface area (Å²) in [6, 6.07) is 7.18. The van der Waals surface area contributed by atoms with E-state index in [2.05, 4.69) is 24.5 Å². The van der Waals surface area contributed by atoms with E-state index in [-0.39, 0.29) is 11.8 Å². The summed E-state index contributed by atoms with van der Waals surface area (Å²) in [4.78, 5) is 26.5. The summed E-state index contributed by atoms with van der Waals surface area (Å²) in [6.45, 7) is 4.97. The summed E-state index contributed by atoms with van der Waals surface area (Å²) < 4.78 is 5.70. The molecule has 150 valence electrons. The second-order valence-corrected chi connectivity index (χ2v) is 8.42. The first-order valence-electron chi connectivity index (χ1n) is 9.94. The molecule has 1 aromatic heterocycles. The van der Waals surface area contributed by atoms with Crippen molar-refractivity contribution >= 4 is 28.2 Å². The molecule has 1 aliphatic carbocycles. The Morgan fingerprint density at radius 2 is 2.11 bits per heavy atom. The predicted molar refractivity (Wildman–Crippen MR) is 114 cm³/mol. The van der Waals surface area contributed by atoms with Crippen LogP contribution in [0.4, 0.5) is 5.00 Å². The van der Waals surface area contributed by atoms with E-state index in [1.54, 1.807) is 19.2 Å². The highest BCUT2D eigenvalue weighted by molar-refractivity contribution is 7.17. The van der Waals surface area contributed by atoms with Crippen LogP contribution in [0.2, 0.25) is 0 Å². The Labute approximate surface area is 170 Å². The molecule has 1 heterocycles. The molecule has 0 bridgehead atoms. The lowest BCUT2D eigenvalue weighted by atomic mass is 9.88. The molecule has 28 heavy (non-hydrogen) atoms. The predicted octanol–water partition coefficient (Wildman–Crippen LogP) is 4.66. The van der Waals surface area contributed by atoms with Gasteiger partial charge >= 0.3 is 0 Å². The molecule has 3 rings (SSSR count). The van der Waals surface area contributed by atoms with E-state index in [0.717, 1.165) is 37.7 Å². The number of amides is 2. The van der Waals surface area contributed by atoms with Gasteiger partial charge < -0.3 is 15.4 Å². The zero-order chi connectivity index (χ0) is 20.1. The zero-order valence-electron chi connectivity index (χ0n) is 16.8. The minimum Gasteiger partial charge on any atom is -0.494 e. The molecule has 0 saturated heterocycles. The number of hydrogen-bond donors (Lipinski definition) is 2. The minimum absolute atomic E-state index is 0.140. The average molecular weight is 401 g/mol. The lowest BCUT2D eigenvalue weighted by molar-refractivity contribution is 0.0963. The third kappa shape index (κ3) is 4.55. The van der Waals surface area contributed by atoms with E-state index in [0.29, 0.717) is 34.4 Å². The van der Waals surface area contributed by atoms with Crippen molar-refractivity contribution in [1.82, 2.24) is 5.32 Å². The molecule has 0 radical (unpaired) electrons. The Bertz CT molecular complexity index is 859. The van der Waals surface area contributed by atoms with Gasteiger partial charge in [0.15, 0.2) is 0 Å². The fourth-order valence-corrected chi connectivity index (χ4v) is 4.84.